The molecule has 0 heterocycles. The van der Waals surface area contributed by atoms with Crippen molar-refractivity contribution in [1.29, 1.82) is 0 Å². The van der Waals surface area contributed by atoms with Crippen LogP contribution in [0.2, 0.25) is 0 Å². The first kappa shape index (κ1) is 29.0. The predicted molar refractivity (Wildman–Crippen MR) is 139 cm³/mol. The third-order valence-electron chi connectivity index (χ3n) is 7.30. The highest BCUT2D eigenvalue weighted by atomic mass is 16.6. The lowest BCUT2D eigenvalue weighted by Crippen LogP contribution is -2.25. The summed E-state index contributed by atoms with van der Waals surface area (Å²) < 4.78 is 0. The van der Waals surface area contributed by atoms with Crippen molar-refractivity contribution in [2.24, 2.45) is 5.92 Å². The number of nitrogens with one attached hydrogen (secondary N) is 1. The summed E-state index contributed by atoms with van der Waals surface area (Å²) in [7, 11) is 0. The van der Waals surface area contributed by atoms with Crippen molar-refractivity contribution < 1.29 is 4.84 Å². The molecular formula is C29H59NO. The molecule has 0 saturated heterocycles. The molecule has 2 nitrogen and oxygen atoms in total. The highest BCUT2D eigenvalue weighted by molar-refractivity contribution is 4.66. The second kappa shape index (κ2) is 24.6. The zero-order valence-corrected chi connectivity index (χ0v) is 21.6. The molecule has 0 spiro atoms. The Hall–Kier alpha value is -0.0800. The van der Waals surface area contributed by atoms with Gasteiger partial charge in [0.15, 0.2) is 0 Å². The van der Waals surface area contributed by atoms with Gasteiger partial charge in [-0.1, -0.05) is 148 Å². The van der Waals surface area contributed by atoms with Crippen molar-refractivity contribution in [1.82, 2.24) is 5.48 Å². The third kappa shape index (κ3) is 21.5. The van der Waals surface area contributed by atoms with Gasteiger partial charge in [0.05, 0.1) is 6.61 Å². The molecule has 186 valence electrons. The van der Waals surface area contributed by atoms with E-state index in [1.807, 2.05) is 0 Å². The van der Waals surface area contributed by atoms with Gasteiger partial charge in [-0.2, -0.15) is 0 Å². The van der Waals surface area contributed by atoms with Crippen LogP contribution in [-0.2, 0) is 4.84 Å². The average Bonchev–Trinajstić information content (AvgIpc) is 2.80. The summed E-state index contributed by atoms with van der Waals surface area (Å²) in [6.45, 7) is 4.26. The molecule has 0 aromatic rings. The first-order chi connectivity index (χ1) is 15.4. The third-order valence-corrected chi connectivity index (χ3v) is 7.30. The molecule has 0 bridgehead atoms. The Bertz CT molecular complexity index is 327. The van der Waals surface area contributed by atoms with Crippen molar-refractivity contribution in [3.05, 3.63) is 0 Å². The van der Waals surface area contributed by atoms with E-state index in [0.29, 0.717) is 0 Å². The van der Waals surface area contributed by atoms with Crippen LogP contribution < -0.4 is 5.48 Å². The van der Waals surface area contributed by atoms with Gasteiger partial charge in [0.25, 0.3) is 0 Å². The molecule has 0 aromatic carbocycles. The van der Waals surface area contributed by atoms with E-state index < -0.39 is 0 Å². The summed E-state index contributed by atoms with van der Waals surface area (Å²) >= 11 is 0. The van der Waals surface area contributed by atoms with Gasteiger partial charge in [0.1, 0.15) is 0 Å². The minimum absolute atomic E-state index is 0.864. The fraction of sp³-hybridized carbons (Fsp3) is 1.00. The first-order valence-electron chi connectivity index (χ1n) is 14.8. The molecule has 1 aliphatic carbocycles. The molecule has 2 heteroatoms. The van der Waals surface area contributed by atoms with Gasteiger partial charge in [0.2, 0.25) is 0 Å². The largest absolute Gasteiger partial charge is 0.302 e. The normalized spacial score (nSPS) is 15.0. The minimum atomic E-state index is 0.864. The molecule has 0 aromatic heterocycles. The van der Waals surface area contributed by atoms with Crippen molar-refractivity contribution in [2.45, 2.75) is 167 Å². The van der Waals surface area contributed by atoms with Crippen LogP contribution in [0.15, 0.2) is 0 Å². The molecule has 0 unspecified atom stereocenters. The van der Waals surface area contributed by atoms with Crippen LogP contribution >= 0.6 is 0 Å². The van der Waals surface area contributed by atoms with E-state index in [1.54, 1.807) is 0 Å². The zero-order chi connectivity index (χ0) is 22.1. The smallest absolute Gasteiger partial charge is 0.0682 e. The predicted octanol–water partition coefficient (Wildman–Crippen LogP) is 9.91. The molecule has 1 saturated carbocycles. The molecule has 0 radical (unpaired) electrons. The Kier molecular flexibility index (Phi) is 22.9. The average molecular weight is 438 g/mol. The standard InChI is InChI=1S/C29H59NO/c1-2-3-4-5-6-7-8-9-10-11-12-13-14-15-16-17-18-19-20-24-27-31-30-28-29-25-22-21-23-26-29/h29-30H,2-28H2,1H3. The highest BCUT2D eigenvalue weighted by Crippen LogP contribution is 2.22. The van der Waals surface area contributed by atoms with Crippen LogP contribution in [0.1, 0.15) is 167 Å². The number of hydroxylamine groups is 1. The molecule has 0 amide bonds. The first-order valence-corrected chi connectivity index (χ1v) is 14.8. The van der Waals surface area contributed by atoms with Gasteiger partial charge >= 0.3 is 0 Å². The van der Waals surface area contributed by atoms with E-state index in [2.05, 4.69) is 12.4 Å². The lowest BCUT2D eigenvalue weighted by atomic mass is 9.89. The van der Waals surface area contributed by atoms with Crippen molar-refractivity contribution in [2.75, 3.05) is 13.2 Å². The van der Waals surface area contributed by atoms with Crippen LogP contribution in [-0.4, -0.2) is 13.2 Å². The fourth-order valence-corrected chi connectivity index (χ4v) is 5.07. The Morgan fingerprint density at radius 1 is 0.516 bits per heavy atom. The van der Waals surface area contributed by atoms with Crippen molar-refractivity contribution in [3.63, 3.8) is 0 Å². The van der Waals surface area contributed by atoms with Gasteiger partial charge in [-0.05, 0) is 25.2 Å². The molecule has 1 N–H and O–H groups in total. The number of rotatable bonds is 24. The lowest BCUT2D eigenvalue weighted by molar-refractivity contribution is 0.0265. The van der Waals surface area contributed by atoms with Crippen LogP contribution in [0, 0.1) is 5.92 Å². The van der Waals surface area contributed by atoms with E-state index >= 15 is 0 Å². The monoisotopic (exact) mass is 437 g/mol. The van der Waals surface area contributed by atoms with E-state index in [9.17, 15) is 0 Å². The van der Waals surface area contributed by atoms with Gasteiger partial charge in [-0.25, -0.2) is 5.48 Å². The van der Waals surface area contributed by atoms with Gasteiger partial charge in [0, 0.05) is 6.54 Å². The summed E-state index contributed by atoms with van der Waals surface area (Å²) in [6, 6.07) is 0. The molecule has 1 rings (SSSR count). The molecule has 0 atom stereocenters. The Morgan fingerprint density at radius 2 is 0.903 bits per heavy atom. The van der Waals surface area contributed by atoms with E-state index in [4.69, 9.17) is 4.84 Å². The molecule has 31 heavy (non-hydrogen) atoms. The molecule has 0 aliphatic heterocycles. The molecular weight excluding hydrogens is 378 g/mol. The van der Waals surface area contributed by atoms with Crippen LogP contribution in [0.4, 0.5) is 0 Å². The van der Waals surface area contributed by atoms with Gasteiger partial charge in [-0.3, -0.25) is 0 Å². The Morgan fingerprint density at radius 3 is 1.32 bits per heavy atom. The number of unbranched alkanes of at least 4 members (excludes halogenated alkanes) is 19. The summed E-state index contributed by atoms with van der Waals surface area (Å²) in [4.78, 5) is 5.62. The highest BCUT2D eigenvalue weighted by Gasteiger charge is 2.12. The second-order valence-corrected chi connectivity index (χ2v) is 10.4. The molecule has 1 aliphatic rings. The van der Waals surface area contributed by atoms with Crippen molar-refractivity contribution >= 4 is 0 Å². The maximum atomic E-state index is 5.62. The number of hydrogen-bond donors (Lipinski definition) is 1. The summed E-state index contributed by atoms with van der Waals surface area (Å²) in [5.74, 6) is 0.864. The summed E-state index contributed by atoms with van der Waals surface area (Å²) in [6.07, 6.45) is 35.9. The van der Waals surface area contributed by atoms with E-state index in [1.165, 1.54) is 161 Å². The maximum Gasteiger partial charge on any atom is 0.0682 e. The zero-order valence-electron chi connectivity index (χ0n) is 21.6. The van der Waals surface area contributed by atoms with E-state index in [0.717, 1.165) is 19.1 Å². The molecule has 1 fully saturated rings. The number of hydrogen-bond acceptors (Lipinski definition) is 2. The van der Waals surface area contributed by atoms with Crippen LogP contribution in [0.5, 0.6) is 0 Å². The topological polar surface area (TPSA) is 21.3 Å². The SMILES string of the molecule is CCCCCCCCCCCCCCCCCCCCCCONCC1CCCCC1. The Balaban J connectivity index is 1.62. The van der Waals surface area contributed by atoms with Gasteiger partial charge in [-0.15, -0.1) is 0 Å². The van der Waals surface area contributed by atoms with Crippen LogP contribution in [0.25, 0.3) is 0 Å². The minimum Gasteiger partial charge on any atom is -0.302 e. The Labute approximate surface area is 197 Å². The quantitative estimate of drug-likeness (QED) is 0.120. The second-order valence-electron chi connectivity index (χ2n) is 10.4. The van der Waals surface area contributed by atoms with Crippen molar-refractivity contribution in [3.8, 4) is 0 Å². The lowest BCUT2D eigenvalue weighted by Gasteiger charge is -2.21. The maximum absolute atomic E-state index is 5.62. The summed E-state index contributed by atoms with van der Waals surface area (Å²) in [5.41, 5.74) is 3.22. The van der Waals surface area contributed by atoms with Gasteiger partial charge < -0.3 is 4.84 Å². The van der Waals surface area contributed by atoms with E-state index in [-0.39, 0.29) is 0 Å². The summed E-state index contributed by atoms with van der Waals surface area (Å²) in [5, 5.41) is 0. The van der Waals surface area contributed by atoms with Crippen LogP contribution in [0.3, 0.4) is 0 Å². The fourth-order valence-electron chi connectivity index (χ4n) is 5.07.